The number of benzene rings is 1. The smallest absolute Gasteiger partial charge is 0.407 e. The predicted octanol–water partition coefficient (Wildman–Crippen LogP) is 2.80. The Bertz CT molecular complexity index is 560. The summed E-state index contributed by atoms with van der Waals surface area (Å²) in [5.41, 5.74) is 0.260. The number of hydrogen-bond donors (Lipinski definition) is 2. The molecular formula is C18H26N2O4. The Morgan fingerprint density at radius 2 is 1.79 bits per heavy atom. The number of nitrogens with zero attached hydrogens (tertiary/aromatic N) is 1. The van der Waals surface area contributed by atoms with Crippen LogP contribution in [0, 0.1) is 0 Å². The molecule has 1 amide bonds. The Kier molecular flexibility index (Phi) is 5.83. The zero-order valence-corrected chi connectivity index (χ0v) is 14.5. The van der Waals surface area contributed by atoms with Gasteiger partial charge in [-0.3, -0.25) is 9.69 Å². The molecule has 0 bridgehead atoms. The first-order valence-electron chi connectivity index (χ1n) is 8.27. The number of carboxylic acid groups (broad SMARTS) is 1. The summed E-state index contributed by atoms with van der Waals surface area (Å²) in [6, 6.07) is 8.62. The minimum atomic E-state index is -0.847. The summed E-state index contributed by atoms with van der Waals surface area (Å²) in [7, 11) is 0. The molecular weight excluding hydrogens is 308 g/mol. The van der Waals surface area contributed by atoms with Crippen LogP contribution in [0.25, 0.3) is 0 Å². The number of piperidine rings is 1. The van der Waals surface area contributed by atoms with E-state index in [2.05, 4.69) is 5.32 Å². The third kappa shape index (κ3) is 5.23. The fraction of sp³-hybridized carbons (Fsp3) is 0.556. The fourth-order valence-electron chi connectivity index (χ4n) is 2.92. The average Bonchev–Trinajstić information content (AvgIpc) is 2.48. The topological polar surface area (TPSA) is 78.9 Å². The largest absolute Gasteiger partial charge is 0.480 e. The minimum absolute atomic E-state index is 0.0151. The van der Waals surface area contributed by atoms with Crippen LogP contribution in [0.2, 0.25) is 0 Å². The van der Waals surface area contributed by atoms with E-state index >= 15 is 0 Å². The average molecular weight is 334 g/mol. The third-order valence-corrected chi connectivity index (χ3v) is 3.96. The van der Waals surface area contributed by atoms with Crippen molar-refractivity contribution in [3.05, 3.63) is 35.9 Å². The molecule has 2 rings (SSSR count). The highest BCUT2D eigenvalue weighted by molar-refractivity contribution is 5.75. The molecule has 1 aliphatic rings. The fourth-order valence-corrected chi connectivity index (χ4v) is 2.92. The van der Waals surface area contributed by atoms with Gasteiger partial charge in [0.25, 0.3) is 0 Å². The minimum Gasteiger partial charge on any atom is -0.480 e. The van der Waals surface area contributed by atoms with Crippen molar-refractivity contribution in [2.24, 2.45) is 0 Å². The Hall–Kier alpha value is -2.08. The molecule has 132 valence electrons. The van der Waals surface area contributed by atoms with E-state index in [4.69, 9.17) is 4.74 Å². The molecule has 24 heavy (non-hydrogen) atoms. The second-order valence-electron chi connectivity index (χ2n) is 7.11. The molecule has 1 aliphatic heterocycles. The highest BCUT2D eigenvalue weighted by Crippen LogP contribution is 2.25. The summed E-state index contributed by atoms with van der Waals surface area (Å²) in [6.45, 7) is 6.71. The van der Waals surface area contributed by atoms with Crippen LogP contribution in [0.15, 0.2) is 30.3 Å². The van der Waals surface area contributed by atoms with Gasteiger partial charge in [-0.15, -0.1) is 0 Å². The molecule has 6 nitrogen and oxygen atoms in total. The van der Waals surface area contributed by atoms with Crippen molar-refractivity contribution in [3.8, 4) is 0 Å². The zero-order chi connectivity index (χ0) is 17.7. The number of carboxylic acids is 1. The lowest BCUT2D eigenvalue weighted by Crippen LogP contribution is -2.48. The lowest BCUT2D eigenvalue weighted by atomic mass is 9.99. The quantitative estimate of drug-likeness (QED) is 0.885. The standard InChI is InChI=1S/C18H26N2O4/c1-18(2,3)24-17(23)19-14-9-11-20(12-10-14)15(16(21)22)13-7-5-4-6-8-13/h4-8,14-15H,9-12H2,1-3H3,(H,19,23)(H,21,22). The van der Waals surface area contributed by atoms with Gasteiger partial charge in [0.05, 0.1) is 0 Å². The van der Waals surface area contributed by atoms with Gasteiger partial charge in [0, 0.05) is 19.1 Å². The molecule has 1 unspecified atom stereocenters. The maximum atomic E-state index is 11.8. The van der Waals surface area contributed by atoms with Crippen molar-refractivity contribution in [1.29, 1.82) is 0 Å². The highest BCUT2D eigenvalue weighted by atomic mass is 16.6. The van der Waals surface area contributed by atoms with E-state index in [0.29, 0.717) is 25.9 Å². The van der Waals surface area contributed by atoms with E-state index in [9.17, 15) is 14.7 Å². The van der Waals surface area contributed by atoms with Gasteiger partial charge in [0.1, 0.15) is 11.6 Å². The summed E-state index contributed by atoms with van der Waals surface area (Å²) in [5, 5.41) is 12.5. The first kappa shape index (κ1) is 18.3. The lowest BCUT2D eigenvalue weighted by molar-refractivity contribution is -0.144. The lowest BCUT2D eigenvalue weighted by Gasteiger charge is -2.36. The Balaban J connectivity index is 1.91. The first-order chi connectivity index (χ1) is 11.3. The normalized spacial score (nSPS) is 18.0. The van der Waals surface area contributed by atoms with Crippen LogP contribution in [-0.2, 0) is 9.53 Å². The number of carbonyl (C=O) groups excluding carboxylic acids is 1. The van der Waals surface area contributed by atoms with Crippen molar-refractivity contribution in [3.63, 3.8) is 0 Å². The molecule has 1 heterocycles. The van der Waals surface area contributed by atoms with Gasteiger partial charge < -0.3 is 15.2 Å². The van der Waals surface area contributed by atoms with Crippen molar-refractivity contribution in [1.82, 2.24) is 10.2 Å². The Morgan fingerprint density at radius 3 is 2.29 bits per heavy atom. The van der Waals surface area contributed by atoms with E-state index in [1.165, 1.54) is 0 Å². The number of hydrogen-bond acceptors (Lipinski definition) is 4. The van der Waals surface area contributed by atoms with Gasteiger partial charge in [0.15, 0.2) is 0 Å². The monoisotopic (exact) mass is 334 g/mol. The number of ether oxygens (including phenoxy) is 1. The summed E-state index contributed by atoms with van der Waals surface area (Å²) >= 11 is 0. The highest BCUT2D eigenvalue weighted by Gasteiger charge is 2.31. The summed E-state index contributed by atoms with van der Waals surface area (Å²) < 4.78 is 5.26. The summed E-state index contributed by atoms with van der Waals surface area (Å²) in [6.07, 6.45) is 0.991. The summed E-state index contributed by atoms with van der Waals surface area (Å²) in [4.78, 5) is 25.5. The number of likely N-dealkylation sites (tertiary alicyclic amines) is 1. The SMILES string of the molecule is CC(C)(C)OC(=O)NC1CCN(C(C(=O)O)c2ccccc2)CC1. The van der Waals surface area contributed by atoms with Gasteiger partial charge in [0.2, 0.25) is 0 Å². The van der Waals surface area contributed by atoms with Crippen molar-refractivity contribution in [2.45, 2.75) is 51.3 Å². The number of rotatable bonds is 4. The van der Waals surface area contributed by atoms with Gasteiger partial charge in [-0.25, -0.2) is 4.79 Å². The Labute approximate surface area is 142 Å². The van der Waals surface area contributed by atoms with Gasteiger partial charge in [-0.1, -0.05) is 30.3 Å². The molecule has 0 aliphatic carbocycles. The van der Waals surface area contributed by atoms with Crippen LogP contribution in [0.3, 0.4) is 0 Å². The van der Waals surface area contributed by atoms with Crippen LogP contribution < -0.4 is 5.32 Å². The molecule has 6 heteroatoms. The van der Waals surface area contributed by atoms with Gasteiger partial charge >= 0.3 is 12.1 Å². The zero-order valence-electron chi connectivity index (χ0n) is 14.5. The number of aliphatic carboxylic acids is 1. The van der Waals surface area contributed by atoms with Crippen molar-refractivity contribution >= 4 is 12.1 Å². The molecule has 0 saturated carbocycles. The van der Waals surface area contributed by atoms with Crippen LogP contribution >= 0.6 is 0 Å². The Morgan fingerprint density at radius 1 is 1.21 bits per heavy atom. The predicted molar refractivity (Wildman–Crippen MR) is 90.8 cm³/mol. The van der Waals surface area contributed by atoms with Gasteiger partial charge in [-0.2, -0.15) is 0 Å². The molecule has 1 fully saturated rings. The number of alkyl carbamates (subject to hydrolysis) is 1. The molecule has 0 radical (unpaired) electrons. The molecule has 1 aromatic rings. The van der Waals surface area contributed by atoms with E-state index in [0.717, 1.165) is 5.56 Å². The van der Waals surface area contributed by atoms with E-state index in [1.54, 1.807) is 0 Å². The number of amides is 1. The van der Waals surface area contributed by atoms with Crippen LogP contribution in [0.1, 0.15) is 45.2 Å². The molecule has 1 atom stereocenters. The molecule has 0 spiro atoms. The van der Waals surface area contributed by atoms with Crippen LogP contribution in [-0.4, -0.2) is 46.8 Å². The molecule has 1 saturated heterocycles. The molecule has 2 N–H and O–H groups in total. The van der Waals surface area contributed by atoms with Crippen LogP contribution in [0.5, 0.6) is 0 Å². The van der Waals surface area contributed by atoms with E-state index in [-0.39, 0.29) is 6.04 Å². The second kappa shape index (κ2) is 7.66. The third-order valence-electron chi connectivity index (χ3n) is 3.96. The maximum Gasteiger partial charge on any atom is 0.407 e. The van der Waals surface area contributed by atoms with Crippen molar-refractivity contribution < 1.29 is 19.4 Å². The van der Waals surface area contributed by atoms with E-state index in [1.807, 2.05) is 56.0 Å². The number of carbonyl (C=O) groups is 2. The summed E-state index contributed by atoms with van der Waals surface area (Å²) in [5.74, 6) is -0.847. The first-order valence-corrected chi connectivity index (χ1v) is 8.27. The maximum absolute atomic E-state index is 11.8. The van der Waals surface area contributed by atoms with E-state index < -0.39 is 23.7 Å². The number of nitrogens with one attached hydrogen (secondary N) is 1. The molecule has 0 aromatic heterocycles. The van der Waals surface area contributed by atoms with Crippen molar-refractivity contribution in [2.75, 3.05) is 13.1 Å². The second-order valence-corrected chi connectivity index (χ2v) is 7.11. The molecule has 1 aromatic carbocycles. The van der Waals surface area contributed by atoms with Gasteiger partial charge in [-0.05, 0) is 39.2 Å². The van der Waals surface area contributed by atoms with Crippen LogP contribution in [0.4, 0.5) is 4.79 Å².